The van der Waals surface area contributed by atoms with Gasteiger partial charge in [0, 0.05) is 31.0 Å². The summed E-state index contributed by atoms with van der Waals surface area (Å²) in [7, 11) is 0. The van der Waals surface area contributed by atoms with Crippen LogP contribution in [0, 0.1) is 5.92 Å². The standard InChI is InChI=1S/C10H17N3OS/c1-8(7-11)6-9(14)12-3-2-10-13-4-5-15-10/h4-5,8H,2-3,6-7,11H2,1H3,(H,12,14). The van der Waals surface area contributed by atoms with E-state index in [2.05, 4.69) is 10.3 Å². The molecule has 0 aliphatic carbocycles. The molecular weight excluding hydrogens is 210 g/mol. The number of nitrogens with zero attached hydrogens (tertiary/aromatic N) is 1. The predicted molar refractivity (Wildman–Crippen MR) is 61.7 cm³/mol. The van der Waals surface area contributed by atoms with Crippen LogP contribution in [-0.2, 0) is 11.2 Å². The lowest BCUT2D eigenvalue weighted by Crippen LogP contribution is -2.28. The van der Waals surface area contributed by atoms with Gasteiger partial charge in [0.25, 0.3) is 0 Å². The molecule has 0 bridgehead atoms. The van der Waals surface area contributed by atoms with Crippen molar-refractivity contribution in [1.29, 1.82) is 0 Å². The van der Waals surface area contributed by atoms with Gasteiger partial charge >= 0.3 is 0 Å². The SMILES string of the molecule is CC(CN)CC(=O)NCCc1nccs1. The average molecular weight is 227 g/mol. The summed E-state index contributed by atoms with van der Waals surface area (Å²) in [5, 5.41) is 5.85. The van der Waals surface area contributed by atoms with Crippen LogP contribution in [0.5, 0.6) is 0 Å². The maximum Gasteiger partial charge on any atom is 0.220 e. The third-order valence-corrected chi connectivity index (χ3v) is 2.92. The summed E-state index contributed by atoms with van der Waals surface area (Å²) in [5.74, 6) is 0.328. The molecule has 1 unspecified atom stereocenters. The number of thiazole rings is 1. The Bertz CT molecular complexity index is 287. The predicted octanol–water partition coefficient (Wildman–Crippen LogP) is 0.787. The molecule has 1 aromatic heterocycles. The van der Waals surface area contributed by atoms with Gasteiger partial charge in [-0.1, -0.05) is 6.92 Å². The molecule has 84 valence electrons. The van der Waals surface area contributed by atoms with Crippen molar-refractivity contribution < 1.29 is 4.79 Å². The van der Waals surface area contributed by atoms with Crippen LogP contribution < -0.4 is 11.1 Å². The highest BCUT2D eigenvalue weighted by molar-refractivity contribution is 7.09. The highest BCUT2D eigenvalue weighted by atomic mass is 32.1. The van der Waals surface area contributed by atoms with Crippen LogP contribution in [0.4, 0.5) is 0 Å². The number of nitrogens with two attached hydrogens (primary N) is 1. The lowest BCUT2D eigenvalue weighted by Gasteiger charge is -2.08. The molecule has 0 spiro atoms. The van der Waals surface area contributed by atoms with E-state index in [1.54, 1.807) is 17.5 Å². The Hall–Kier alpha value is -0.940. The summed E-state index contributed by atoms with van der Waals surface area (Å²) in [4.78, 5) is 15.5. The zero-order valence-electron chi connectivity index (χ0n) is 8.90. The van der Waals surface area contributed by atoms with Gasteiger partial charge in [0.1, 0.15) is 0 Å². The lowest BCUT2D eigenvalue weighted by molar-refractivity contribution is -0.121. The molecule has 3 N–H and O–H groups in total. The number of carbonyl (C=O) groups excluding carboxylic acids is 1. The third-order valence-electron chi connectivity index (χ3n) is 2.08. The Morgan fingerprint density at radius 1 is 1.73 bits per heavy atom. The molecule has 0 aliphatic rings. The molecule has 4 nitrogen and oxygen atoms in total. The maximum atomic E-state index is 11.4. The Morgan fingerprint density at radius 2 is 2.53 bits per heavy atom. The van der Waals surface area contributed by atoms with Crippen molar-refractivity contribution in [3.8, 4) is 0 Å². The quantitative estimate of drug-likeness (QED) is 0.755. The molecule has 1 rings (SSSR count). The van der Waals surface area contributed by atoms with Gasteiger partial charge in [0.2, 0.25) is 5.91 Å². The average Bonchev–Trinajstić information content (AvgIpc) is 2.70. The van der Waals surface area contributed by atoms with E-state index in [1.807, 2.05) is 12.3 Å². The van der Waals surface area contributed by atoms with Gasteiger partial charge in [0.05, 0.1) is 5.01 Å². The molecule has 1 atom stereocenters. The van der Waals surface area contributed by atoms with Crippen LogP contribution in [0.15, 0.2) is 11.6 Å². The zero-order chi connectivity index (χ0) is 11.1. The minimum absolute atomic E-state index is 0.0736. The molecule has 5 heteroatoms. The molecule has 1 aromatic rings. The summed E-state index contributed by atoms with van der Waals surface area (Å²) in [6, 6.07) is 0. The van der Waals surface area contributed by atoms with E-state index in [0.717, 1.165) is 11.4 Å². The van der Waals surface area contributed by atoms with E-state index in [0.29, 0.717) is 19.5 Å². The molecule has 1 heterocycles. The van der Waals surface area contributed by atoms with Crippen LogP contribution in [0.3, 0.4) is 0 Å². The van der Waals surface area contributed by atoms with Crippen LogP contribution in [-0.4, -0.2) is 24.0 Å². The van der Waals surface area contributed by atoms with Crippen LogP contribution in [0.25, 0.3) is 0 Å². The second kappa shape index (κ2) is 6.53. The van der Waals surface area contributed by atoms with E-state index in [1.165, 1.54) is 0 Å². The van der Waals surface area contributed by atoms with E-state index >= 15 is 0 Å². The summed E-state index contributed by atoms with van der Waals surface area (Å²) >= 11 is 1.61. The molecular formula is C10H17N3OS. The molecule has 1 amide bonds. The fourth-order valence-corrected chi connectivity index (χ4v) is 1.78. The van der Waals surface area contributed by atoms with Crippen molar-refractivity contribution in [1.82, 2.24) is 10.3 Å². The van der Waals surface area contributed by atoms with Crippen molar-refractivity contribution in [3.63, 3.8) is 0 Å². The number of hydrogen-bond acceptors (Lipinski definition) is 4. The molecule has 0 aromatic carbocycles. The topological polar surface area (TPSA) is 68.0 Å². The minimum atomic E-state index is 0.0736. The van der Waals surface area contributed by atoms with Gasteiger partial charge in [-0.3, -0.25) is 4.79 Å². The zero-order valence-corrected chi connectivity index (χ0v) is 9.72. The number of amides is 1. The first kappa shape index (κ1) is 12.1. The molecule has 0 radical (unpaired) electrons. The largest absolute Gasteiger partial charge is 0.356 e. The number of rotatable bonds is 6. The fourth-order valence-electron chi connectivity index (χ4n) is 1.16. The van der Waals surface area contributed by atoms with E-state index in [-0.39, 0.29) is 11.8 Å². The second-order valence-electron chi connectivity index (χ2n) is 3.57. The van der Waals surface area contributed by atoms with Crippen molar-refractivity contribution in [2.24, 2.45) is 11.7 Å². The van der Waals surface area contributed by atoms with Crippen molar-refractivity contribution in [2.45, 2.75) is 19.8 Å². The Labute approximate surface area is 93.9 Å². The monoisotopic (exact) mass is 227 g/mol. The first-order chi connectivity index (χ1) is 7.22. The molecule has 0 saturated heterocycles. The lowest BCUT2D eigenvalue weighted by atomic mass is 10.1. The van der Waals surface area contributed by atoms with Gasteiger partial charge in [-0.05, 0) is 12.5 Å². The van der Waals surface area contributed by atoms with Crippen LogP contribution in [0.2, 0.25) is 0 Å². The summed E-state index contributed by atoms with van der Waals surface area (Å²) in [6.45, 7) is 3.18. The van der Waals surface area contributed by atoms with Crippen LogP contribution in [0.1, 0.15) is 18.4 Å². The second-order valence-corrected chi connectivity index (χ2v) is 4.55. The smallest absolute Gasteiger partial charge is 0.220 e. The van der Waals surface area contributed by atoms with Crippen LogP contribution >= 0.6 is 11.3 Å². The maximum absolute atomic E-state index is 11.4. The Morgan fingerprint density at radius 3 is 3.13 bits per heavy atom. The number of aromatic nitrogens is 1. The first-order valence-electron chi connectivity index (χ1n) is 5.07. The number of nitrogens with one attached hydrogen (secondary N) is 1. The highest BCUT2D eigenvalue weighted by Crippen LogP contribution is 2.03. The van der Waals surface area contributed by atoms with Gasteiger partial charge in [0.15, 0.2) is 0 Å². The number of carbonyl (C=O) groups is 1. The Kier molecular flexibility index (Phi) is 5.28. The third kappa shape index (κ3) is 4.90. The molecule has 15 heavy (non-hydrogen) atoms. The van der Waals surface area contributed by atoms with E-state index < -0.39 is 0 Å². The molecule has 0 fully saturated rings. The van der Waals surface area contributed by atoms with Gasteiger partial charge in [-0.2, -0.15) is 0 Å². The summed E-state index contributed by atoms with van der Waals surface area (Å²) in [5.41, 5.74) is 5.44. The molecule has 0 saturated carbocycles. The first-order valence-corrected chi connectivity index (χ1v) is 5.95. The van der Waals surface area contributed by atoms with Gasteiger partial charge in [-0.15, -0.1) is 11.3 Å². The van der Waals surface area contributed by atoms with Gasteiger partial charge < -0.3 is 11.1 Å². The minimum Gasteiger partial charge on any atom is -0.356 e. The number of hydrogen-bond donors (Lipinski definition) is 2. The van der Waals surface area contributed by atoms with Gasteiger partial charge in [-0.25, -0.2) is 4.98 Å². The fraction of sp³-hybridized carbons (Fsp3) is 0.600. The Balaban J connectivity index is 2.12. The summed E-state index contributed by atoms with van der Waals surface area (Å²) in [6.07, 6.45) is 3.09. The van der Waals surface area contributed by atoms with E-state index in [4.69, 9.17) is 5.73 Å². The normalized spacial score (nSPS) is 12.4. The van der Waals surface area contributed by atoms with Crippen molar-refractivity contribution in [3.05, 3.63) is 16.6 Å². The highest BCUT2D eigenvalue weighted by Gasteiger charge is 2.06. The summed E-state index contributed by atoms with van der Waals surface area (Å²) < 4.78 is 0. The van der Waals surface area contributed by atoms with E-state index in [9.17, 15) is 4.79 Å². The van der Waals surface area contributed by atoms with Crippen molar-refractivity contribution in [2.75, 3.05) is 13.1 Å². The molecule has 0 aliphatic heterocycles. The van der Waals surface area contributed by atoms with Crippen molar-refractivity contribution >= 4 is 17.2 Å².